The normalized spacial score (nSPS) is 16.4. The largest absolute Gasteiger partial charge is 0.345 e. The molecule has 21 heavy (non-hydrogen) atoms. The highest BCUT2D eigenvalue weighted by Crippen LogP contribution is 2.19. The molecule has 1 aliphatic rings. The van der Waals surface area contributed by atoms with E-state index in [9.17, 15) is 18.0 Å². The minimum atomic E-state index is -3.97. The van der Waals surface area contributed by atoms with E-state index in [0.29, 0.717) is 11.3 Å². The average Bonchev–Trinajstić information content (AvgIpc) is 2.88. The third-order valence-electron chi connectivity index (χ3n) is 3.02. The van der Waals surface area contributed by atoms with Gasteiger partial charge in [0.25, 0.3) is 10.0 Å². The first kappa shape index (κ1) is 15.8. The Morgan fingerprint density at radius 3 is 2.38 bits per heavy atom. The van der Waals surface area contributed by atoms with E-state index in [1.54, 1.807) is 0 Å². The molecule has 0 radical (unpaired) electrons. The predicted octanol–water partition coefficient (Wildman–Crippen LogP) is -0.427. The molecule has 0 bridgehead atoms. The van der Waals surface area contributed by atoms with Gasteiger partial charge >= 0.3 is 11.8 Å². The zero-order chi connectivity index (χ0) is 15.5. The second-order valence-electron chi connectivity index (χ2n) is 4.68. The van der Waals surface area contributed by atoms with Crippen LogP contribution in [0, 0.1) is 0 Å². The number of nitrogens with one attached hydrogen (secondary N) is 2. The second-order valence-corrected chi connectivity index (χ2v) is 7.39. The first-order chi connectivity index (χ1) is 9.86. The van der Waals surface area contributed by atoms with Crippen molar-refractivity contribution < 1.29 is 18.0 Å². The lowest BCUT2D eigenvalue weighted by atomic mass is 9.95. The summed E-state index contributed by atoms with van der Waals surface area (Å²) in [7, 11) is -3.97. The zero-order valence-corrected chi connectivity index (χ0v) is 12.7. The highest BCUT2D eigenvalue weighted by molar-refractivity contribution is 7.91. The summed E-state index contributed by atoms with van der Waals surface area (Å²) in [5.41, 5.74) is 0. The van der Waals surface area contributed by atoms with E-state index < -0.39 is 26.2 Å². The molecule has 0 atom stereocenters. The molecule has 0 spiro atoms. The molecule has 1 aromatic heterocycles. The highest BCUT2D eigenvalue weighted by Gasteiger charge is 2.22. The molecule has 116 valence electrons. The van der Waals surface area contributed by atoms with Gasteiger partial charge in [-0.25, -0.2) is 13.6 Å². The Bertz CT molecular complexity index is 636. The molecule has 11 heteroatoms. The molecule has 1 aromatic rings. The van der Waals surface area contributed by atoms with Crippen molar-refractivity contribution in [3.8, 4) is 0 Å². The van der Waals surface area contributed by atoms with Crippen LogP contribution in [-0.2, 0) is 19.6 Å². The summed E-state index contributed by atoms with van der Waals surface area (Å²) in [5.74, 6) is -1.67. The Morgan fingerprint density at radius 1 is 1.14 bits per heavy atom. The Morgan fingerprint density at radius 2 is 1.81 bits per heavy atom. The van der Waals surface area contributed by atoms with Gasteiger partial charge in [-0.3, -0.25) is 14.9 Å². The van der Waals surface area contributed by atoms with Crippen LogP contribution in [0.2, 0.25) is 0 Å². The number of rotatable bonds is 3. The molecule has 1 aliphatic carbocycles. The van der Waals surface area contributed by atoms with Crippen molar-refractivity contribution in [1.29, 1.82) is 0 Å². The molecule has 1 saturated carbocycles. The lowest BCUT2D eigenvalue weighted by Crippen LogP contribution is -2.42. The SMILES string of the molecule is NS(=O)(=O)c1nnc(NC(=O)C(=O)NC2CCCCC2)s1. The Kier molecular flexibility index (Phi) is 4.85. The first-order valence-electron chi connectivity index (χ1n) is 6.34. The van der Waals surface area contributed by atoms with Crippen LogP contribution in [0.1, 0.15) is 32.1 Å². The Balaban J connectivity index is 1.91. The van der Waals surface area contributed by atoms with Crippen molar-refractivity contribution in [3.05, 3.63) is 0 Å². The fourth-order valence-electron chi connectivity index (χ4n) is 2.03. The van der Waals surface area contributed by atoms with Gasteiger partial charge in [0.05, 0.1) is 0 Å². The summed E-state index contributed by atoms with van der Waals surface area (Å²) >= 11 is 0.584. The number of aromatic nitrogens is 2. The smallest absolute Gasteiger partial charge is 0.315 e. The minimum absolute atomic E-state index is 0.00593. The zero-order valence-electron chi connectivity index (χ0n) is 11.0. The highest BCUT2D eigenvalue weighted by atomic mass is 32.2. The molecular formula is C10H15N5O4S2. The quantitative estimate of drug-likeness (QED) is 0.506. The minimum Gasteiger partial charge on any atom is -0.345 e. The average molecular weight is 333 g/mol. The van der Waals surface area contributed by atoms with Crippen LogP contribution >= 0.6 is 11.3 Å². The molecule has 4 N–H and O–H groups in total. The third kappa shape index (κ3) is 4.44. The van der Waals surface area contributed by atoms with Crippen molar-refractivity contribution >= 4 is 38.3 Å². The number of anilines is 1. The van der Waals surface area contributed by atoms with Gasteiger partial charge in [-0.2, -0.15) is 0 Å². The van der Waals surface area contributed by atoms with Gasteiger partial charge in [0, 0.05) is 6.04 Å². The standard InChI is InChI=1S/C10H15N5O4S2/c11-21(18,19)10-15-14-9(20-10)13-8(17)7(16)12-6-4-2-1-3-5-6/h6H,1-5H2,(H,12,16)(H2,11,18,19)(H,13,14,17). The second kappa shape index (κ2) is 6.45. The van der Waals surface area contributed by atoms with Gasteiger partial charge in [0.2, 0.25) is 9.47 Å². The molecule has 9 nitrogen and oxygen atoms in total. The van der Waals surface area contributed by atoms with Gasteiger partial charge in [-0.15, -0.1) is 10.2 Å². The van der Waals surface area contributed by atoms with Crippen molar-refractivity contribution in [3.63, 3.8) is 0 Å². The van der Waals surface area contributed by atoms with Gasteiger partial charge in [-0.05, 0) is 12.8 Å². The van der Waals surface area contributed by atoms with Crippen LogP contribution in [0.4, 0.5) is 5.13 Å². The van der Waals surface area contributed by atoms with Crippen LogP contribution < -0.4 is 15.8 Å². The van der Waals surface area contributed by atoms with Crippen LogP contribution in [0.3, 0.4) is 0 Å². The topological polar surface area (TPSA) is 144 Å². The Hall–Kier alpha value is -1.59. The molecule has 1 fully saturated rings. The summed E-state index contributed by atoms with van der Waals surface area (Å²) in [6.45, 7) is 0. The summed E-state index contributed by atoms with van der Waals surface area (Å²) < 4.78 is 21.6. The van der Waals surface area contributed by atoms with Gasteiger partial charge < -0.3 is 5.32 Å². The van der Waals surface area contributed by atoms with Gasteiger partial charge in [-0.1, -0.05) is 30.6 Å². The summed E-state index contributed by atoms with van der Waals surface area (Å²) in [4.78, 5) is 23.4. The van der Waals surface area contributed by atoms with E-state index >= 15 is 0 Å². The molecule has 2 amide bonds. The van der Waals surface area contributed by atoms with E-state index in [-0.39, 0.29) is 11.2 Å². The monoisotopic (exact) mass is 333 g/mol. The first-order valence-corrected chi connectivity index (χ1v) is 8.70. The number of nitrogens with zero attached hydrogens (tertiary/aromatic N) is 2. The maximum Gasteiger partial charge on any atom is 0.315 e. The van der Waals surface area contributed by atoms with E-state index in [2.05, 4.69) is 20.8 Å². The van der Waals surface area contributed by atoms with Crippen LogP contribution in [0.5, 0.6) is 0 Å². The lowest BCUT2D eigenvalue weighted by molar-refractivity contribution is -0.136. The number of carbonyl (C=O) groups is 2. The Labute approximate surface area is 125 Å². The number of hydrogen-bond donors (Lipinski definition) is 3. The molecule has 1 heterocycles. The van der Waals surface area contributed by atoms with Crippen LogP contribution in [0.25, 0.3) is 0 Å². The molecule has 0 saturated heterocycles. The van der Waals surface area contributed by atoms with E-state index in [1.165, 1.54) is 0 Å². The van der Waals surface area contributed by atoms with Crippen molar-refractivity contribution in [2.75, 3.05) is 5.32 Å². The predicted molar refractivity (Wildman–Crippen MR) is 74.9 cm³/mol. The number of hydrogen-bond acceptors (Lipinski definition) is 7. The number of nitrogens with two attached hydrogens (primary N) is 1. The fraction of sp³-hybridized carbons (Fsp3) is 0.600. The number of carbonyl (C=O) groups excluding carboxylic acids is 2. The molecular weight excluding hydrogens is 318 g/mol. The maximum atomic E-state index is 11.7. The van der Waals surface area contributed by atoms with E-state index in [0.717, 1.165) is 32.1 Å². The number of sulfonamides is 1. The van der Waals surface area contributed by atoms with Crippen molar-refractivity contribution in [1.82, 2.24) is 15.5 Å². The van der Waals surface area contributed by atoms with E-state index in [1.807, 2.05) is 0 Å². The van der Waals surface area contributed by atoms with Gasteiger partial charge in [0.1, 0.15) is 0 Å². The van der Waals surface area contributed by atoms with Crippen LogP contribution in [0.15, 0.2) is 4.34 Å². The fourth-order valence-corrected chi connectivity index (χ4v) is 3.36. The molecule has 0 unspecified atom stereocenters. The molecule has 0 aromatic carbocycles. The van der Waals surface area contributed by atoms with Crippen molar-refractivity contribution in [2.45, 2.75) is 42.5 Å². The summed E-state index contributed by atoms with van der Waals surface area (Å²) in [6, 6.07) is 0.00593. The maximum absolute atomic E-state index is 11.7. The van der Waals surface area contributed by atoms with Crippen molar-refractivity contribution in [2.24, 2.45) is 5.14 Å². The molecule has 0 aliphatic heterocycles. The van der Waals surface area contributed by atoms with Gasteiger partial charge in [0.15, 0.2) is 0 Å². The summed E-state index contributed by atoms with van der Waals surface area (Å²) in [5, 5.41) is 16.4. The summed E-state index contributed by atoms with van der Waals surface area (Å²) in [6.07, 6.45) is 4.90. The lowest BCUT2D eigenvalue weighted by Gasteiger charge is -2.22. The number of primary sulfonamides is 1. The molecule has 2 rings (SSSR count). The number of amides is 2. The van der Waals surface area contributed by atoms with E-state index in [4.69, 9.17) is 5.14 Å². The van der Waals surface area contributed by atoms with Crippen LogP contribution in [-0.4, -0.2) is 36.5 Å². The third-order valence-corrected chi connectivity index (χ3v) is 5.17.